The van der Waals surface area contributed by atoms with Gasteiger partial charge in [0.25, 0.3) is 0 Å². The zero-order valence-electron chi connectivity index (χ0n) is 102. The summed E-state index contributed by atoms with van der Waals surface area (Å²) in [4.78, 5) is 22.2. The molecular weight excluding hydrogens is 1670 g/mol. The van der Waals surface area contributed by atoms with E-state index in [0.29, 0.717) is 68.0 Å². The summed E-state index contributed by atoms with van der Waals surface area (Å²) in [6.45, 7) is 30.7. The lowest BCUT2D eigenvalue weighted by molar-refractivity contribution is -0.661. The molecule has 0 bridgehead atoms. The minimum atomic E-state index is -3.08. The van der Waals surface area contributed by atoms with Crippen LogP contribution in [0.3, 0.4) is 0 Å². The molecule has 0 aliphatic carbocycles. The number of fused-ring (bicyclic) bond motifs is 15. The summed E-state index contributed by atoms with van der Waals surface area (Å²) in [6.07, 6.45) is 9.94. The molecule has 15 aromatic heterocycles. The lowest BCUT2D eigenvalue weighted by atomic mass is 9.86. The predicted octanol–water partition coefficient (Wildman–Crippen LogP) is 28.8. The molecular formula is C121H137N10O5+5. The van der Waals surface area contributed by atoms with Crippen molar-refractivity contribution in [3.8, 4) is 56.3 Å². The highest BCUT2D eigenvalue weighted by Gasteiger charge is 2.32. The molecule has 0 N–H and O–H groups in total. The summed E-state index contributed by atoms with van der Waals surface area (Å²) >= 11 is 0. The first-order chi connectivity index (χ1) is 71.6. The SMILES string of the molecule is CCc1cc(-c2c(C)ccc3c2oc2ncccc23)[n+](C)cc1C(C)C.Cc1cc(-c2c(C)ccc3c2oc2ncccc23)[n+](C)cc1CC(C)(C)C.[2H]C([2H])([2H])C(C)(C([2H])([2H])[2H])C([2H])([2H])c1c[n+](C)c(-c2c(C)ccc3c2oc2nc(C)ccc23)cc1C.[2H]C([2H])([2H])C(C)(C([2H])([2H])[2H])C([2H])([2H])c1c[n+](C)c(-c2c(C)ccc3c2oc2ncccc23)cc1C.[2H]C([2H])(c1c[n+](C)c(-c2c(C)ccc3c2oc2nc(C)ccc23)cc1C)C(C)(C)C. The fourth-order valence-electron chi connectivity index (χ4n) is 18.7. The third kappa shape index (κ3) is 19.6. The number of hydrogen-bond acceptors (Lipinski definition) is 10. The maximum absolute atomic E-state index is 8.82. The zero-order valence-corrected chi connectivity index (χ0v) is 83.6. The molecule has 5 aromatic carbocycles. The van der Waals surface area contributed by atoms with Crippen molar-refractivity contribution in [2.75, 3.05) is 0 Å². The van der Waals surface area contributed by atoms with Crippen molar-refractivity contribution in [3.63, 3.8) is 0 Å². The monoisotopic (exact) mass is 1830 g/mol. The van der Waals surface area contributed by atoms with Crippen molar-refractivity contribution in [2.45, 2.75) is 218 Å². The summed E-state index contributed by atoms with van der Waals surface area (Å²) in [5.74, 6) is 0.512. The molecule has 0 spiro atoms. The molecule has 0 aliphatic heterocycles. The van der Waals surface area contributed by atoms with Gasteiger partial charge in [-0.25, -0.2) is 47.8 Å². The second-order valence-electron chi connectivity index (χ2n) is 39.8. The molecule has 0 radical (unpaired) electrons. The maximum atomic E-state index is 8.82. The molecule has 0 unspecified atom stereocenters. The zero-order chi connectivity index (χ0) is 113. The Morgan fingerprint density at radius 3 is 0.853 bits per heavy atom. The van der Waals surface area contributed by atoms with Crippen LogP contribution in [0, 0.1) is 97.8 Å². The maximum Gasteiger partial charge on any atom is 0.227 e. The molecule has 20 rings (SSSR count). The van der Waals surface area contributed by atoms with Crippen molar-refractivity contribution >= 4 is 110 Å². The Kier molecular flexibility index (Phi) is 20.6. The number of benzene rings is 5. The number of hydrogen-bond donors (Lipinski definition) is 0. The quantitative estimate of drug-likeness (QED) is 0.115. The van der Waals surface area contributed by atoms with Crippen LogP contribution in [0.25, 0.3) is 167 Å². The molecule has 0 saturated heterocycles. The average molecular weight is 1830 g/mol. The highest BCUT2D eigenvalue weighted by atomic mass is 16.4. The van der Waals surface area contributed by atoms with Crippen molar-refractivity contribution in [3.05, 3.63) is 296 Å². The normalized spacial score (nSPS) is 14.8. The van der Waals surface area contributed by atoms with Crippen molar-refractivity contribution in [1.82, 2.24) is 24.9 Å². The van der Waals surface area contributed by atoms with Gasteiger partial charge in [0.1, 0.15) is 35.2 Å². The van der Waals surface area contributed by atoms with Gasteiger partial charge in [0.15, 0.2) is 58.9 Å². The van der Waals surface area contributed by atoms with Gasteiger partial charge < -0.3 is 22.1 Å². The lowest BCUT2D eigenvalue weighted by Crippen LogP contribution is -2.32. The van der Waals surface area contributed by atoms with Crippen LogP contribution in [0.2, 0.25) is 0 Å². The van der Waals surface area contributed by atoms with Crippen LogP contribution in [0.4, 0.5) is 0 Å². The van der Waals surface area contributed by atoms with E-state index in [9.17, 15) is 0 Å². The molecule has 20 aromatic rings. The fraction of sp³-hybridized carbons (Fsp3) is 0.339. The minimum Gasteiger partial charge on any atom is -0.437 e. The third-order valence-corrected chi connectivity index (χ3v) is 25.3. The van der Waals surface area contributed by atoms with E-state index < -0.39 is 62.8 Å². The molecule has 0 aliphatic rings. The highest BCUT2D eigenvalue weighted by Crippen LogP contribution is 2.45. The lowest BCUT2D eigenvalue weighted by Gasteiger charge is -2.19. The first-order valence-corrected chi connectivity index (χ1v) is 46.6. The summed E-state index contributed by atoms with van der Waals surface area (Å²) in [6, 6.07) is 50.8. The number of nitrogens with zero attached hydrogens (tertiary/aromatic N) is 10. The van der Waals surface area contributed by atoms with E-state index in [4.69, 9.17) is 46.8 Å². The molecule has 136 heavy (non-hydrogen) atoms. The Balaban J connectivity index is 0.000000137. The second-order valence-corrected chi connectivity index (χ2v) is 39.8. The van der Waals surface area contributed by atoms with E-state index in [2.05, 4.69) is 203 Å². The third-order valence-electron chi connectivity index (χ3n) is 25.3. The van der Waals surface area contributed by atoms with Crippen LogP contribution in [-0.4, -0.2) is 24.9 Å². The first-order valence-electron chi connectivity index (χ1n) is 55.6. The number of aromatic nitrogens is 10. The van der Waals surface area contributed by atoms with Gasteiger partial charge in [-0.3, -0.25) is 0 Å². The topological polar surface area (TPSA) is 150 Å². The molecule has 0 fully saturated rings. The minimum absolute atomic E-state index is 0.00889. The number of furan rings is 5. The van der Waals surface area contributed by atoms with Crippen LogP contribution >= 0.6 is 0 Å². The molecule has 0 saturated carbocycles. The number of aryl methyl sites for hydroxylation is 17. The van der Waals surface area contributed by atoms with Crippen LogP contribution in [0.5, 0.6) is 0 Å². The van der Waals surface area contributed by atoms with Gasteiger partial charge in [0.05, 0.1) is 27.8 Å². The highest BCUT2D eigenvalue weighted by molar-refractivity contribution is 6.13. The van der Waals surface area contributed by atoms with E-state index in [1.807, 2.05) is 140 Å². The van der Waals surface area contributed by atoms with E-state index in [1.54, 1.807) is 67.8 Å². The van der Waals surface area contributed by atoms with Gasteiger partial charge in [-0.15, -0.1) is 0 Å². The molecule has 696 valence electrons. The van der Waals surface area contributed by atoms with Gasteiger partial charge in [-0.1, -0.05) is 164 Å². The standard InChI is InChI=1S/2C25H29N2O.2C24H27N2O.C23H25N2O/c2*1-15-8-10-19-20-11-9-17(3)26-24(20)28-23(19)22(15)21-12-16(2)18(14-27(21)7)13-25(4,5)6;2*1-15-9-10-18-19-8-7-11-25-23(19)27-22(18)21(15)20-12-16(2)17(14-26(20)6)13-24(3,4)5;1-6-16-12-20(25(5)13-19(16)14(2)3)21-15(4)9-10-17-18-8-7-11-24-23(18)26-22(17)21/h2*8-12,14H,13H2,1-7H3;2*7-12,14H,13H2,1-6H3;7-14H,6H2,1-5H3/q5*+1/i4D3,5D3,13D2;13D2;3D3,4D3,13D2;;. The number of rotatable bonds is 11. The van der Waals surface area contributed by atoms with Crippen molar-refractivity contribution in [1.29, 1.82) is 0 Å². The van der Waals surface area contributed by atoms with Crippen molar-refractivity contribution < 1.29 is 69.6 Å². The van der Waals surface area contributed by atoms with E-state index >= 15 is 0 Å². The Hall–Kier alpha value is -13.4. The van der Waals surface area contributed by atoms with Crippen LogP contribution < -0.4 is 22.8 Å². The Labute approximate surface area is 827 Å². The molecule has 0 amide bonds. The molecule has 15 heteroatoms. The molecule has 15 heterocycles. The summed E-state index contributed by atoms with van der Waals surface area (Å²) in [5, 5.41) is 9.99. The summed E-state index contributed by atoms with van der Waals surface area (Å²) < 4.78 is 189. The summed E-state index contributed by atoms with van der Waals surface area (Å²) in [5.41, 5.74) is 26.5. The Morgan fingerprint density at radius 1 is 0.301 bits per heavy atom. The Morgan fingerprint density at radius 2 is 0.566 bits per heavy atom. The summed E-state index contributed by atoms with van der Waals surface area (Å²) in [7, 11) is 9.66. The largest absolute Gasteiger partial charge is 0.437 e. The van der Waals surface area contributed by atoms with Crippen LogP contribution in [0.1, 0.15) is 229 Å². The second kappa shape index (κ2) is 37.4. The van der Waals surface area contributed by atoms with Gasteiger partial charge in [0.2, 0.25) is 57.0 Å². The number of pyridine rings is 10. The molecule has 15 nitrogen and oxygen atoms in total. The van der Waals surface area contributed by atoms with Crippen molar-refractivity contribution in [2.24, 2.45) is 56.9 Å². The predicted molar refractivity (Wildman–Crippen MR) is 559 cm³/mol. The Bertz CT molecular complexity index is 8880. The van der Waals surface area contributed by atoms with E-state index in [1.165, 1.54) is 57.2 Å². The smallest absolute Gasteiger partial charge is 0.227 e. The van der Waals surface area contributed by atoms with Gasteiger partial charge >= 0.3 is 0 Å². The van der Waals surface area contributed by atoms with Gasteiger partial charge in [-0.2, -0.15) is 0 Å². The first kappa shape index (κ1) is 74.9. The van der Waals surface area contributed by atoms with E-state index in [-0.39, 0.29) is 16.5 Å². The average Bonchev–Trinajstić information content (AvgIpc) is 1.02. The van der Waals surface area contributed by atoms with E-state index in [0.717, 1.165) is 170 Å². The van der Waals surface area contributed by atoms with Gasteiger partial charge in [0, 0.05) is 167 Å². The van der Waals surface area contributed by atoms with Crippen LogP contribution in [-0.2, 0) is 67.2 Å². The van der Waals surface area contributed by atoms with Crippen LogP contribution in [0.15, 0.2) is 223 Å². The molecule has 0 atom stereocenters. The van der Waals surface area contributed by atoms with Gasteiger partial charge in [-0.05, 0) is 252 Å². The fourth-order valence-corrected chi connectivity index (χ4v) is 18.7.